The van der Waals surface area contributed by atoms with E-state index in [4.69, 9.17) is 4.74 Å². The topological polar surface area (TPSA) is 72.7 Å². The van der Waals surface area contributed by atoms with Gasteiger partial charge in [-0.3, -0.25) is 14.9 Å². The van der Waals surface area contributed by atoms with Gasteiger partial charge in [0.15, 0.2) is 0 Å². The van der Waals surface area contributed by atoms with Gasteiger partial charge in [-0.25, -0.2) is 0 Å². The van der Waals surface area contributed by atoms with E-state index in [1.165, 1.54) is 12.1 Å². The van der Waals surface area contributed by atoms with Crippen LogP contribution in [0.15, 0.2) is 24.3 Å². The van der Waals surface area contributed by atoms with E-state index in [0.29, 0.717) is 31.0 Å². The fraction of sp³-hybridized carbons (Fsp3) is 0.588. The van der Waals surface area contributed by atoms with Crippen LogP contribution < -0.4 is 4.74 Å². The fourth-order valence-corrected chi connectivity index (χ4v) is 2.67. The highest BCUT2D eigenvalue weighted by Gasteiger charge is 2.14. The molecule has 23 heavy (non-hydrogen) atoms. The first-order valence-corrected chi connectivity index (χ1v) is 8.26. The molecule has 0 bridgehead atoms. The molecule has 6 nitrogen and oxygen atoms in total. The lowest BCUT2D eigenvalue weighted by atomic mass is 10.1. The Morgan fingerprint density at radius 1 is 1.04 bits per heavy atom. The molecule has 0 aliphatic carbocycles. The van der Waals surface area contributed by atoms with Gasteiger partial charge < -0.3 is 9.64 Å². The van der Waals surface area contributed by atoms with Crippen molar-refractivity contribution in [2.75, 3.05) is 26.2 Å². The summed E-state index contributed by atoms with van der Waals surface area (Å²) in [4.78, 5) is 23.7. The van der Waals surface area contributed by atoms with Crippen LogP contribution in [-0.2, 0) is 4.79 Å². The van der Waals surface area contributed by atoms with E-state index < -0.39 is 4.92 Å². The molecule has 1 aromatic rings. The number of Topliss-reactive ketones (excluding diaryl/α,β-unsaturated/α-hetero) is 1. The minimum absolute atomic E-state index is 0.0803. The first-order valence-electron chi connectivity index (χ1n) is 8.26. The largest absolute Gasteiger partial charge is 0.494 e. The Balaban J connectivity index is 1.49. The van der Waals surface area contributed by atoms with Crippen molar-refractivity contribution in [3.8, 4) is 5.75 Å². The van der Waals surface area contributed by atoms with Crippen LogP contribution in [0.25, 0.3) is 0 Å². The van der Waals surface area contributed by atoms with Crippen molar-refractivity contribution < 1.29 is 14.5 Å². The Kier molecular flexibility index (Phi) is 7.00. The molecule has 1 heterocycles. The van der Waals surface area contributed by atoms with Crippen LogP contribution in [0.4, 0.5) is 5.69 Å². The van der Waals surface area contributed by atoms with Crippen molar-refractivity contribution in [2.24, 2.45) is 0 Å². The zero-order valence-corrected chi connectivity index (χ0v) is 13.4. The Hall–Kier alpha value is -1.95. The van der Waals surface area contributed by atoms with E-state index in [2.05, 4.69) is 4.90 Å². The number of hydrogen-bond acceptors (Lipinski definition) is 5. The lowest BCUT2D eigenvalue weighted by Gasteiger charge is -2.25. The summed E-state index contributed by atoms with van der Waals surface area (Å²) in [6.07, 6.45) is 5.83. The van der Waals surface area contributed by atoms with Crippen molar-refractivity contribution in [3.05, 3.63) is 34.4 Å². The minimum atomic E-state index is -0.415. The molecular formula is C17H24N2O4. The molecule has 0 amide bonds. The first-order chi connectivity index (χ1) is 11.1. The van der Waals surface area contributed by atoms with Gasteiger partial charge in [-0.2, -0.15) is 0 Å². The smallest absolute Gasteiger partial charge is 0.269 e. The predicted octanol–water partition coefficient (Wildman–Crippen LogP) is 3.20. The summed E-state index contributed by atoms with van der Waals surface area (Å²) < 4.78 is 5.58. The first kappa shape index (κ1) is 17.4. The number of hydrogen-bond donors (Lipinski definition) is 0. The third-order valence-electron chi connectivity index (χ3n) is 4.10. The summed E-state index contributed by atoms with van der Waals surface area (Å²) in [5.74, 6) is 1.07. The molecule has 1 fully saturated rings. The van der Waals surface area contributed by atoms with Gasteiger partial charge in [0.1, 0.15) is 11.5 Å². The standard InChI is InChI=1S/C17H24N2O4/c20-16-9-12-18(13-10-16)11-3-1-2-4-14-23-17-7-5-15(6-8-17)19(21)22/h5-8H,1-4,9-14H2. The summed E-state index contributed by atoms with van der Waals surface area (Å²) in [7, 11) is 0. The van der Waals surface area contributed by atoms with Crippen molar-refractivity contribution in [3.63, 3.8) is 0 Å². The van der Waals surface area contributed by atoms with Crippen LogP contribution in [0.2, 0.25) is 0 Å². The van der Waals surface area contributed by atoms with Gasteiger partial charge in [0.25, 0.3) is 5.69 Å². The molecule has 0 aromatic heterocycles. The predicted molar refractivity (Wildman–Crippen MR) is 87.7 cm³/mol. The highest BCUT2D eigenvalue weighted by Crippen LogP contribution is 2.17. The highest BCUT2D eigenvalue weighted by atomic mass is 16.6. The van der Waals surface area contributed by atoms with E-state index >= 15 is 0 Å². The average molecular weight is 320 g/mol. The maximum Gasteiger partial charge on any atom is 0.269 e. The maximum atomic E-state index is 11.2. The van der Waals surface area contributed by atoms with Crippen LogP contribution >= 0.6 is 0 Å². The number of benzene rings is 1. The third-order valence-corrected chi connectivity index (χ3v) is 4.10. The molecule has 0 saturated carbocycles. The highest BCUT2D eigenvalue weighted by molar-refractivity contribution is 5.79. The minimum Gasteiger partial charge on any atom is -0.494 e. The van der Waals surface area contributed by atoms with Gasteiger partial charge >= 0.3 is 0 Å². The van der Waals surface area contributed by atoms with Crippen LogP contribution in [0, 0.1) is 10.1 Å². The molecule has 0 unspecified atom stereocenters. The molecule has 0 N–H and O–H groups in total. The van der Waals surface area contributed by atoms with Gasteiger partial charge in [-0.1, -0.05) is 12.8 Å². The lowest BCUT2D eigenvalue weighted by Crippen LogP contribution is -2.34. The number of ketones is 1. The number of carbonyl (C=O) groups is 1. The summed E-state index contributed by atoms with van der Waals surface area (Å²) in [5.41, 5.74) is 0.0803. The van der Waals surface area contributed by atoms with Gasteiger partial charge in [0.2, 0.25) is 0 Å². The molecule has 0 radical (unpaired) electrons. The molecule has 1 aliphatic heterocycles. The van der Waals surface area contributed by atoms with Crippen LogP contribution in [0.5, 0.6) is 5.75 Å². The summed E-state index contributed by atoms with van der Waals surface area (Å²) in [6.45, 7) is 3.55. The SMILES string of the molecule is O=C1CCN(CCCCCCOc2ccc([N+](=O)[O-])cc2)CC1. The Bertz CT molecular complexity index is 506. The number of likely N-dealkylation sites (tertiary alicyclic amines) is 1. The van der Waals surface area contributed by atoms with Crippen LogP contribution in [-0.4, -0.2) is 41.8 Å². The molecule has 1 saturated heterocycles. The molecule has 0 atom stereocenters. The normalized spacial score (nSPS) is 15.6. The van der Waals surface area contributed by atoms with E-state index in [0.717, 1.165) is 45.3 Å². The molecule has 0 spiro atoms. The number of nitrogens with zero attached hydrogens (tertiary/aromatic N) is 2. The Morgan fingerprint density at radius 2 is 1.70 bits per heavy atom. The van der Waals surface area contributed by atoms with E-state index in [-0.39, 0.29) is 5.69 Å². The van der Waals surface area contributed by atoms with Gasteiger partial charge in [-0.15, -0.1) is 0 Å². The molecule has 6 heteroatoms. The van der Waals surface area contributed by atoms with Crippen LogP contribution in [0.3, 0.4) is 0 Å². The molecule has 126 valence electrons. The van der Waals surface area contributed by atoms with Crippen molar-refractivity contribution >= 4 is 11.5 Å². The van der Waals surface area contributed by atoms with Crippen molar-refractivity contribution in [1.82, 2.24) is 4.90 Å². The number of non-ortho nitro benzene ring substituents is 1. The Labute approximate surface area is 136 Å². The third kappa shape index (κ3) is 6.36. The second kappa shape index (κ2) is 9.25. The second-order valence-electron chi connectivity index (χ2n) is 5.89. The summed E-state index contributed by atoms with van der Waals surface area (Å²) in [6, 6.07) is 6.18. The molecule has 2 rings (SSSR count). The number of nitro benzene ring substituents is 1. The number of carbonyl (C=O) groups excluding carboxylic acids is 1. The van der Waals surface area contributed by atoms with Gasteiger partial charge in [0, 0.05) is 38.1 Å². The number of nitro groups is 1. The number of rotatable bonds is 9. The number of unbranched alkanes of at least 4 members (excludes halogenated alkanes) is 3. The second-order valence-corrected chi connectivity index (χ2v) is 5.89. The van der Waals surface area contributed by atoms with E-state index in [1.807, 2.05) is 0 Å². The lowest BCUT2D eigenvalue weighted by molar-refractivity contribution is -0.384. The number of ether oxygens (including phenoxy) is 1. The molecular weight excluding hydrogens is 296 g/mol. The number of piperidine rings is 1. The van der Waals surface area contributed by atoms with E-state index in [9.17, 15) is 14.9 Å². The quantitative estimate of drug-likeness (QED) is 0.397. The maximum absolute atomic E-state index is 11.2. The molecule has 1 aliphatic rings. The zero-order chi connectivity index (χ0) is 16.5. The van der Waals surface area contributed by atoms with E-state index in [1.54, 1.807) is 12.1 Å². The average Bonchev–Trinajstić information content (AvgIpc) is 2.56. The van der Waals surface area contributed by atoms with Gasteiger partial charge in [-0.05, 0) is 31.5 Å². The fourth-order valence-electron chi connectivity index (χ4n) is 2.67. The monoisotopic (exact) mass is 320 g/mol. The summed E-state index contributed by atoms with van der Waals surface area (Å²) in [5, 5.41) is 10.5. The summed E-state index contributed by atoms with van der Waals surface area (Å²) >= 11 is 0. The Morgan fingerprint density at radius 3 is 2.35 bits per heavy atom. The van der Waals surface area contributed by atoms with Crippen molar-refractivity contribution in [1.29, 1.82) is 0 Å². The van der Waals surface area contributed by atoms with Crippen LogP contribution in [0.1, 0.15) is 38.5 Å². The van der Waals surface area contributed by atoms with Gasteiger partial charge in [0.05, 0.1) is 11.5 Å². The van der Waals surface area contributed by atoms with Crippen molar-refractivity contribution in [2.45, 2.75) is 38.5 Å². The molecule has 1 aromatic carbocycles. The zero-order valence-electron chi connectivity index (χ0n) is 13.4.